The van der Waals surface area contributed by atoms with Crippen molar-refractivity contribution < 1.29 is 24.2 Å². The topological polar surface area (TPSA) is 140 Å². The van der Waals surface area contributed by atoms with Crippen molar-refractivity contribution in [1.82, 2.24) is 25.3 Å². The van der Waals surface area contributed by atoms with E-state index in [0.29, 0.717) is 31.4 Å². The standard InChI is InChI=1S/C19H22N6O3S.CH2O2/c1-3-28-14-4-5-15-16(9-14)29-19(21-15)25-11-13(8-17(25)26)18(27)20-6-7-24-10-12(2)22-23-24;2-1-3/h4-5,9-10,13H,3,6-8,11H2,1-2H3,(H,20,27);1H,(H,2,3). The summed E-state index contributed by atoms with van der Waals surface area (Å²) in [5.41, 5.74) is 1.65. The number of aryl methyl sites for hydroxylation is 1. The minimum absolute atomic E-state index is 0.0823. The molecular formula is C20H24N6O5S. The molecule has 1 aromatic carbocycles. The van der Waals surface area contributed by atoms with Gasteiger partial charge in [-0.25, -0.2) is 4.98 Å². The quantitative estimate of drug-likeness (QED) is 0.505. The van der Waals surface area contributed by atoms with E-state index in [4.69, 9.17) is 14.6 Å². The van der Waals surface area contributed by atoms with Crippen LogP contribution < -0.4 is 15.0 Å². The molecule has 11 nitrogen and oxygen atoms in total. The van der Waals surface area contributed by atoms with Gasteiger partial charge in [0, 0.05) is 25.7 Å². The first-order chi connectivity index (χ1) is 15.4. The van der Waals surface area contributed by atoms with Crippen molar-refractivity contribution in [1.29, 1.82) is 0 Å². The maximum absolute atomic E-state index is 12.5. The summed E-state index contributed by atoms with van der Waals surface area (Å²) in [6.45, 7) is 5.45. The zero-order valence-corrected chi connectivity index (χ0v) is 18.5. The largest absolute Gasteiger partial charge is 0.494 e. The number of benzene rings is 1. The number of carbonyl (C=O) groups is 3. The molecule has 2 N–H and O–H groups in total. The third kappa shape index (κ3) is 5.58. The van der Waals surface area contributed by atoms with Gasteiger partial charge >= 0.3 is 0 Å². The lowest BCUT2D eigenvalue weighted by Crippen LogP contribution is -2.34. The summed E-state index contributed by atoms with van der Waals surface area (Å²) in [6, 6.07) is 5.68. The van der Waals surface area contributed by atoms with Crippen LogP contribution >= 0.6 is 11.3 Å². The molecule has 1 atom stereocenters. The number of thiazole rings is 1. The van der Waals surface area contributed by atoms with Gasteiger partial charge in [0.25, 0.3) is 6.47 Å². The van der Waals surface area contributed by atoms with Crippen molar-refractivity contribution in [2.45, 2.75) is 26.8 Å². The number of carbonyl (C=O) groups excluding carboxylic acids is 2. The molecule has 1 saturated heterocycles. The number of ether oxygens (including phenoxy) is 1. The van der Waals surface area contributed by atoms with Crippen LogP contribution in [-0.4, -0.2) is 63.1 Å². The van der Waals surface area contributed by atoms with Gasteiger partial charge in [-0.15, -0.1) is 5.10 Å². The predicted molar refractivity (Wildman–Crippen MR) is 118 cm³/mol. The molecular weight excluding hydrogens is 436 g/mol. The molecule has 4 rings (SSSR count). The fourth-order valence-electron chi connectivity index (χ4n) is 3.28. The Kier molecular flexibility index (Phi) is 7.71. The Morgan fingerprint density at radius 3 is 2.91 bits per heavy atom. The van der Waals surface area contributed by atoms with Gasteiger partial charge < -0.3 is 15.2 Å². The molecule has 0 spiro atoms. The van der Waals surface area contributed by atoms with Gasteiger partial charge in [0.1, 0.15) is 5.75 Å². The van der Waals surface area contributed by atoms with Gasteiger partial charge in [-0.1, -0.05) is 16.6 Å². The van der Waals surface area contributed by atoms with Crippen LogP contribution in [0, 0.1) is 12.8 Å². The highest BCUT2D eigenvalue weighted by Gasteiger charge is 2.36. The van der Waals surface area contributed by atoms with Gasteiger partial charge in [-0.3, -0.25) is 24.0 Å². The van der Waals surface area contributed by atoms with Crippen LogP contribution in [0.1, 0.15) is 19.0 Å². The first-order valence-electron chi connectivity index (χ1n) is 10.0. The maximum atomic E-state index is 12.5. The normalized spacial score (nSPS) is 15.4. The highest BCUT2D eigenvalue weighted by atomic mass is 32.1. The summed E-state index contributed by atoms with van der Waals surface area (Å²) in [4.78, 5) is 39.5. The van der Waals surface area contributed by atoms with Crippen LogP contribution in [0.2, 0.25) is 0 Å². The third-order valence-electron chi connectivity index (χ3n) is 4.68. The number of nitrogens with one attached hydrogen (secondary N) is 1. The van der Waals surface area contributed by atoms with E-state index in [1.165, 1.54) is 11.3 Å². The summed E-state index contributed by atoms with van der Waals surface area (Å²) in [5, 5.41) is 18.3. The van der Waals surface area contributed by atoms with Crippen molar-refractivity contribution in [2.24, 2.45) is 5.92 Å². The fourth-order valence-corrected chi connectivity index (χ4v) is 4.30. The number of fused-ring (bicyclic) bond motifs is 1. The molecule has 0 bridgehead atoms. The van der Waals surface area contributed by atoms with Gasteiger partial charge in [-0.05, 0) is 32.0 Å². The number of amides is 2. The van der Waals surface area contributed by atoms with E-state index in [1.807, 2.05) is 38.2 Å². The molecule has 3 heterocycles. The van der Waals surface area contributed by atoms with Crippen molar-refractivity contribution in [3.8, 4) is 5.75 Å². The van der Waals surface area contributed by atoms with Crippen molar-refractivity contribution >= 4 is 45.0 Å². The molecule has 1 aliphatic heterocycles. The Hall–Kier alpha value is -3.54. The summed E-state index contributed by atoms with van der Waals surface area (Å²) in [7, 11) is 0. The number of anilines is 1. The molecule has 12 heteroatoms. The number of hydrogen-bond donors (Lipinski definition) is 2. The molecule has 32 heavy (non-hydrogen) atoms. The van der Waals surface area contributed by atoms with E-state index in [-0.39, 0.29) is 30.6 Å². The molecule has 0 aliphatic carbocycles. The molecule has 2 aromatic heterocycles. The van der Waals surface area contributed by atoms with Crippen LogP contribution in [0.4, 0.5) is 5.13 Å². The molecule has 0 saturated carbocycles. The predicted octanol–water partition coefficient (Wildman–Crippen LogP) is 1.47. The van der Waals surface area contributed by atoms with Gasteiger partial charge in [0.05, 0.1) is 35.0 Å². The Morgan fingerprint density at radius 1 is 1.44 bits per heavy atom. The number of hydrogen-bond acceptors (Lipinski definition) is 8. The monoisotopic (exact) mass is 460 g/mol. The lowest BCUT2D eigenvalue weighted by molar-refractivity contribution is -0.126. The second-order valence-electron chi connectivity index (χ2n) is 6.98. The SMILES string of the molecule is CCOc1ccc2nc(N3CC(C(=O)NCCn4cc(C)nn4)CC3=O)sc2c1.O=CO. The zero-order valence-electron chi connectivity index (χ0n) is 17.7. The third-order valence-corrected chi connectivity index (χ3v) is 5.72. The first-order valence-corrected chi connectivity index (χ1v) is 10.8. The van der Waals surface area contributed by atoms with Crippen LogP contribution in [0.25, 0.3) is 10.2 Å². The molecule has 1 aliphatic rings. The van der Waals surface area contributed by atoms with Crippen molar-refractivity contribution in [3.63, 3.8) is 0 Å². The summed E-state index contributed by atoms with van der Waals surface area (Å²) in [5.74, 6) is 0.187. The van der Waals surface area contributed by atoms with Crippen LogP contribution in [0.5, 0.6) is 5.75 Å². The average molecular weight is 461 g/mol. The fraction of sp³-hybridized carbons (Fsp3) is 0.400. The molecule has 3 aromatic rings. The first kappa shape index (κ1) is 23.1. The average Bonchev–Trinajstić information content (AvgIpc) is 3.46. The summed E-state index contributed by atoms with van der Waals surface area (Å²) in [6.07, 6.45) is 2.01. The van der Waals surface area contributed by atoms with E-state index in [2.05, 4.69) is 20.6 Å². The molecule has 1 fully saturated rings. The number of aromatic nitrogens is 4. The Balaban J connectivity index is 0.000000913. The summed E-state index contributed by atoms with van der Waals surface area (Å²) >= 11 is 1.43. The minimum Gasteiger partial charge on any atom is -0.494 e. The second kappa shape index (κ2) is 10.7. The maximum Gasteiger partial charge on any atom is 0.290 e. The van der Waals surface area contributed by atoms with E-state index in [9.17, 15) is 9.59 Å². The smallest absolute Gasteiger partial charge is 0.290 e. The van der Waals surface area contributed by atoms with E-state index in [1.54, 1.807) is 9.58 Å². The van der Waals surface area contributed by atoms with Gasteiger partial charge in [0.2, 0.25) is 11.8 Å². The number of rotatable bonds is 7. The highest BCUT2D eigenvalue weighted by molar-refractivity contribution is 7.22. The lowest BCUT2D eigenvalue weighted by Gasteiger charge is -2.13. The Morgan fingerprint density at radius 2 is 2.22 bits per heavy atom. The van der Waals surface area contributed by atoms with Crippen LogP contribution in [0.3, 0.4) is 0 Å². The van der Waals surface area contributed by atoms with Crippen LogP contribution in [-0.2, 0) is 20.9 Å². The summed E-state index contributed by atoms with van der Waals surface area (Å²) < 4.78 is 8.16. The van der Waals surface area contributed by atoms with Crippen molar-refractivity contribution in [3.05, 3.63) is 30.1 Å². The number of carboxylic acid groups (broad SMARTS) is 1. The van der Waals surface area contributed by atoms with E-state index < -0.39 is 0 Å². The Bertz CT molecular complexity index is 1100. The van der Waals surface area contributed by atoms with E-state index >= 15 is 0 Å². The molecule has 2 amide bonds. The minimum atomic E-state index is -0.383. The lowest BCUT2D eigenvalue weighted by atomic mass is 10.1. The Labute approximate surface area is 188 Å². The van der Waals surface area contributed by atoms with Gasteiger partial charge in [-0.2, -0.15) is 0 Å². The van der Waals surface area contributed by atoms with Crippen LogP contribution in [0.15, 0.2) is 24.4 Å². The highest BCUT2D eigenvalue weighted by Crippen LogP contribution is 2.34. The number of nitrogens with zero attached hydrogens (tertiary/aromatic N) is 5. The zero-order chi connectivity index (χ0) is 23.1. The van der Waals surface area contributed by atoms with E-state index in [0.717, 1.165) is 21.7 Å². The molecule has 0 radical (unpaired) electrons. The van der Waals surface area contributed by atoms with Gasteiger partial charge in [0.15, 0.2) is 5.13 Å². The van der Waals surface area contributed by atoms with Crippen molar-refractivity contribution in [2.75, 3.05) is 24.6 Å². The molecule has 1 unspecified atom stereocenters. The second-order valence-corrected chi connectivity index (χ2v) is 7.99. The molecule has 170 valence electrons.